The SMILES string of the molecule is CCNC(=NCc1nnc2n1CCCCC2)NCC(C)(O)c1cnn(C)c1. The average molecular weight is 374 g/mol. The molecule has 0 radical (unpaired) electrons. The van der Waals surface area contributed by atoms with Crippen LogP contribution in [0.1, 0.15) is 50.3 Å². The van der Waals surface area contributed by atoms with E-state index in [4.69, 9.17) is 0 Å². The van der Waals surface area contributed by atoms with Crippen molar-refractivity contribution < 1.29 is 5.11 Å². The standard InChI is InChI=1S/C18H30N8O/c1-4-19-17(21-13-18(2,27)14-10-22-25(3)12-14)20-11-16-24-23-15-8-6-5-7-9-26(15)16/h10,12,27H,4-9,11,13H2,1-3H3,(H2,19,20,21). The molecule has 9 heteroatoms. The Bertz CT molecular complexity index is 776. The number of nitrogens with zero attached hydrogens (tertiary/aromatic N) is 6. The number of aliphatic imine (C=N–C) groups is 1. The van der Waals surface area contributed by atoms with Crippen molar-refractivity contribution in [2.24, 2.45) is 12.0 Å². The third kappa shape index (κ3) is 4.85. The van der Waals surface area contributed by atoms with Gasteiger partial charge in [0.15, 0.2) is 11.8 Å². The Morgan fingerprint density at radius 1 is 1.30 bits per heavy atom. The van der Waals surface area contributed by atoms with Crippen molar-refractivity contribution >= 4 is 5.96 Å². The van der Waals surface area contributed by atoms with Gasteiger partial charge in [-0.05, 0) is 26.7 Å². The molecule has 0 amide bonds. The van der Waals surface area contributed by atoms with Crippen LogP contribution in [0.3, 0.4) is 0 Å². The van der Waals surface area contributed by atoms with Gasteiger partial charge in [-0.2, -0.15) is 5.10 Å². The van der Waals surface area contributed by atoms with Crippen molar-refractivity contribution in [1.82, 2.24) is 35.2 Å². The van der Waals surface area contributed by atoms with E-state index in [0.717, 1.165) is 43.1 Å². The number of fused-ring (bicyclic) bond motifs is 1. The lowest BCUT2D eigenvalue weighted by atomic mass is 10.00. The van der Waals surface area contributed by atoms with Crippen LogP contribution in [0.15, 0.2) is 17.4 Å². The Morgan fingerprint density at radius 3 is 2.89 bits per heavy atom. The van der Waals surface area contributed by atoms with Crippen molar-refractivity contribution in [2.75, 3.05) is 13.1 Å². The fourth-order valence-electron chi connectivity index (χ4n) is 3.21. The van der Waals surface area contributed by atoms with E-state index in [1.807, 2.05) is 20.2 Å². The average Bonchev–Trinajstić information content (AvgIpc) is 3.17. The van der Waals surface area contributed by atoms with Gasteiger partial charge in [0.25, 0.3) is 0 Å². The number of aryl methyl sites for hydroxylation is 2. The van der Waals surface area contributed by atoms with Crippen LogP contribution in [0.2, 0.25) is 0 Å². The summed E-state index contributed by atoms with van der Waals surface area (Å²) >= 11 is 0. The molecule has 3 heterocycles. The summed E-state index contributed by atoms with van der Waals surface area (Å²) in [5.41, 5.74) is -0.285. The monoisotopic (exact) mass is 374 g/mol. The molecule has 3 N–H and O–H groups in total. The molecular weight excluding hydrogens is 344 g/mol. The van der Waals surface area contributed by atoms with Crippen LogP contribution in [0.5, 0.6) is 0 Å². The van der Waals surface area contributed by atoms with E-state index < -0.39 is 5.60 Å². The first-order valence-corrected chi connectivity index (χ1v) is 9.64. The molecule has 0 bridgehead atoms. The zero-order chi connectivity index (χ0) is 19.3. The van der Waals surface area contributed by atoms with Gasteiger partial charge in [-0.3, -0.25) is 4.68 Å². The molecule has 1 aliphatic heterocycles. The van der Waals surface area contributed by atoms with Gasteiger partial charge < -0.3 is 20.3 Å². The van der Waals surface area contributed by atoms with Crippen LogP contribution in [-0.4, -0.2) is 48.7 Å². The van der Waals surface area contributed by atoms with E-state index in [0.29, 0.717) is 19.0 Å². The number of nitrogens with one attached hydrogen (secondary N) is 2. The van der Waals surface area contributed by atoms with Crippen LogP contribution < -0.4 is 10.6 Å². The predicted octanol–water partition coefficient (Wildman–Crippen LogP) is 0.701. The molecule has 1 aliphatic rings. The van der Waals surface area contributed by atoms with E-state index >= 15 is 0 Å². The lowest BCUT2D eigenvalue weighted by molar-refractivity contribution is 0.0616. The molecule has 27 heavy (non-hydrogen) atoms. The molecule has 0 saturated carbocycles. The van der Waals surface area contributed by atoms with Crippen LogP contribution in [0.25, 0.3) is 0 Å². The Kier molecular flexibility index (Phi) is 6.10. The molecule has 1 unspecified atom stereocenters. The van der Waals surface area contributed by atoms with E-state index in [9.17, 15) is 5.11 Å². The van der Waals surface area contributed by atoms with Gasteiger partial charge in [-0.25, -0.2) is 4.99 Å². The smallest absolute Gasteiger partial charge is 0.191 e. The van der Waals surface area contributed by atoms with Crippen molar-refractivity contribution in [3.63, 3.8) is 0 Å². The number of aliphatic hydroxyl groups is 1. The normalized spacial score (nSPS) is 17.1. The third-order valence-corrected chi connectivity index (χ3v) is 4.84. The molecule has 0 aliphatic carbocycles. The second kappa shape index (κ2) is 8.51. The highest BCUT2D eigenvalue weighted by atomic mass is 16.3. The van der Waals surface area contributed by atoms with Crippen molar-refractivity contribution in [1.29, 1.82) is 0 Å². The van der Waals surface area contributed by atoms with Crippen molar-refractivity contribution in [3.05, 3.63) is 29.6 Å². The van der Waals surface area contributed by atoms with Gasteiger partial charge in [0.2, 0.25) is 0 Å². The molecule has 3 rings (SSSR count). The Labute approximate surface area is 159 Å². The van der Waals surface area contributed by atoms with Crippen LogP contribution in [-0.2, 0) is 32.2 Å². The molecule has 0 saturated heterocycles. The molecule has 9 nitrogen and oxygen atoms in total. The van der Waals surface area contributed by atoms with E-state index in [2.05, 4.69) is 35.5 Å². The zero-order valence-corrected chi connectivity index (χ0v) is 16.4. The fraction of sp³-hybridized carbons (Fsp3) is 0.667. The maximum absolute atomic E-state index is 10.7. The van der Waals surface area contributed by atoms with Gasteiger partial charge in [-0.1, -0.05) is 6.42 Å². The summed E-state index contributed by atoms with van der Waals surface area (Å²) in [7, 11) is 1.83. The highest BCUT2D eigenvalue weighted by Gasteiger charge is 2.25. The lowest BCUT2D eigenvalue weighted by Gasteiger charge is -2.23. The number of hydrogen-bond acceptors (Lipinski definition) is 5. The first-order valence-electron chi connectivity index (χ1n) is 9.64. The quantitative estimate of drug-likeness (QED) is 0.508. The van der Waals surface area contributed by atoms with Crippen molar-refractivity contribution in [2.45, 2.75) is 58.2 Å². The van der Waals surface area contributed by atoms with E-state index in [1.54, 1.807) is 17.8 Å². The third-order valence-electron chi connectivity index (χ3n) is 4.84. The van der Waals surface area contributed by atoms with Crippen LogP contribution >= 0.6 is 0 Å². The molecule has 2 aromatic heterocycles. The van der Waals surface area contributed by atoms with Crippen molar-refractivity contribution in [3.8, 4) is 0 Å². The van der Waals surface area contributed by atoms with E-state index in [1.165, 1.54) is 12.8 Å². The van der Waals surface area contributed by atoms with Crippen LogP contribution in [0.4, 0.5) is 0 Å². The molecule has 0 spiro atoms. The van der Waals surface area contributed by atoms with Gasteiger partial charge in [0.1, 0.15) is 18.0 Å². The molecule has 0 fully saturated rings. The topological polar surface area (TPSA) is 105 Å². The Morgan fingerprint density at radius 2 is 2.15 bits per heavy atom. The zero-order valence-electron chi connectivity index (χ0n) is 16.4. The first kappa shape index (κ1) is 19.3. The highest BCUT2D eigenvalue weighted by molar-refractivity contribution is 5.79. The largest absolute Gasteiger partial charge is 0.383 e. The minimum Gasteiger partial charge on any atom is -0.383 e. The minimum atomic E-state index is -1.05. The van der Waals surface area contributed by atoms with Crippen LogP contribution in [0, 0.1) is 0 Å². The maximum atomic E-state index is 10.7. The highest BCUT2D eigenvalue weighted by Crippen LogP contribution is 2.18. The number of rotatable bonds is 6. The predicted molar refractivity (Wildman–Crippen MR) is 103 cm³/mol. The van der Waals surface area contributed by atoms with Gasteiger partial charge in [0, 0.05) is 38.3 Å². The summed E-state index contributed by atoms with van der Waals surface area (Å²) in [6, 6.07) is 0. The second-order valence-corrected chi connectivity index (χ2v) is 7.22. The summed E-state index contributed by atoms with van der Waals surface area (Å²) in [5, 5.41) is 29.9. The second-order valence-electron chi connectivity index (χ2n) is 7.22. The number of guanidine groups is 1. The van der Waals surface area contributed by atoms with E-state index in [-0.39, 0.29) is 0 Å². The summed E-state index contributed by atoms with van der Waals surface area (Å²) < 4.78 is 3.88. The molecule has 148 valence electrons. The van der Waals surface area contributed by atoms with Gasteiger partial charge in [-0.15, -0.1) is 10.2 Å². The molecular formula is C18H30N8O. The number of aromatic nitrogens is 5. The van der Waals surface area contributed by atoms with Gasteiger partial charge >= 0.3 is 0 Å². The Hall–Kier alpha value is -2.42. The molecule has 0 aromatic carbocycles. The van der Waals surface area contributed by atoms with Gasteiger partial charge in [0.05, 0.1) is 12.7 Å². The Balaban J connectivity index is 1.66. The molecule has 2 aromatic rings. The summed E-state index contributed by atoms with van der Waals surface area (Å²) in [4.78, 5) is 4.64. The summed E-state index contributed by atoms with van der Waals surface area (Å²) in [5.74, 6) is 2.60. The fourth-order valence-corrected chi connectivity index (χ4v) is 3.21. The minimum absolute atomic E-state index is 0.322. The molecule has 1 atom stereocenters. The maximum Gasteiger partial charge on any atom is 0.191 e. The summed E-state index contributed by atoms with van der Waals surface area (Å²) in [6.07, 6.45) is 8.06. The summed E-state index contributed by atoms with van der Waals surface area (Å²) in [6.45, 7) is 6.25. The lowest BCUT2D eigenvalue weighted by Crippen LogP contribution is -2.44. The first-order chi connectivity index (χ1) is 13.0. The number of hydrogen-bond donors (Lipinski definition) is 3.